The Kier molecular flexibility index (Phi) is 5.81. The number of methoxy groups -OCH3 is 1. The highest BCUT2D eigenvalue weighted by atomic mass is 16.5. The molecule has 0 spiro atoms. The van der Waals surface area contributed by atoms with Crippen LogP contribution in [-0.4, -0.2) is 41.8 Å². The average molecular weight is 267 g/mol. The number of ether oxygens (including phenoxy) is 1. The first-order chi connectivity index (χ1) is 9.02. The number of carboxylic acid groups (broad SMARTS) is 1. The van der Waals surface area contributed by atoms with Crippen LogP contribution in [0.15, 0.2) is 24.3 Å². The van der Waals surface area contributed by atoms with E-state index >= 15 is 0 Å². The van der Waals surface area contributed by atoms with Crippen molar-refractivity contribution in [2.45, 2.75) is 18.9 Å². The normalized spacial score (nSPS) is 11.8. The van der Waals surface area contributed by atoms with Crippen LogP contribution >= 0.6 is 0 Å². The highest BCUT2D eigenvalue weighted by Crippen LogP contribution is 2.10. The number of aliphatic carboxylic acids is 1. The molecular weight excluding hydrogens is 250 g/mol. The summed E-state index contributed by atoms with van der Waals surface area (Å²) in [4.78, 5) is 22.6. The number of hydrogen-bond acceptors (Lipinski definition) is 4. The van der Waals surface area contributed by atoms with E-state index in [0.29, 0.717) is 5.56 Å². The number of carbonyl (C=O) groups excluding carboxylic acids is 1. The van der Waals surface area contributed by atoms with Crippen LogP contribution in [0, 0.1) is 0 Å². The van der Waals surface area contributed by atoms with Crippen molar-refractivity contribution < 1.29 is 24.5 Å². The molecule has 104 valence electrons. The predicted octanol–water partition coefficient (Wildman–Crippen LogP) is 0.541. The van der Waals surface area contributed by atoms with Gasteiger partial charge in [-0.1, -0.05) is 12.1 Å². The van der Waals surface area contributed by atoms with E-state index in [1.54, 1.807) is 12.1 Å². The second-order valence-electron chi connectivity index (χ2n) is 4.08. The van der Waals surface area contributed by atoms with Crippen molar-refractivity contribution in [3.8, 4) is 5.75 Å². The Balaban J connectivity index is 2.52. The first-order valence-corrected chi connectivity index (χ1v) is 5.82. The van der Waals surface area contributed by atoms with Gasteiger partial charge in [-0.3, -0.25) is 4.79 Å². The Bertz CT molecular complexity index is 429. The van der Waals surface area contributed by atoms with E-state index in [-0.39, 0.29) is 31.1 Å². The molecule has 1 unspecified atom stereocenters. The topological polar surface area (TPSA) is 95.9 Å². The van der Waals surface area contributed by atoms with E-state index in [0.717, 1.165) is 0 Å². The van der Waals surface area contributed by atoms with Gasteiger partial charge in [-0.15, -0.1) is 0 Å². The third-order valence-corrected chi connectivity index (χ3v) is 2.54. The fraction of sp³-hybridized carbons (Fsp3) is 0.385. The van der Waals surface area contributed by atoms with Crippen molar-refractivity contribution in [1.29, 1.82) is 0 Å². The number of hydrogen-bond donors (Lipinski definition) is 3. The van der Waals surface area contributed by atoms with E-state index in [4.69, 9.17) is 14.9 Å². The van der Waals surface area contributed by atoms with Crippen LogP contribution in [0.3, 0.4) is 0 Å². The van der Waals surface area contributed by atoms with Gasteiger partial charge in [0, 0.05) is 20.1 Å². The van der Waals surface area contributed by atoms with E-state index in [9.17, 15) is 9.59 Å². The largest absolute Gasteiger partial charge is 0.508 e. The molecular formula is C13H17NO5. The number of phenolic OH excluding ortho intramolecular Hbond substituents is 1. The number of amides is 1. The summed E-state index contributed by atoms with van der Waals surface area (Å²) in [5.74, 6) is -1.35. The van der Waals surface area contributed by atoms with Gasteiger partial charge >= 0.3 is 5.97 Å². The summed E-state index contributed by atoms with van der Waals surface area (Å²) in [6.45, 7) is 0.260. The highest BCUT2D eigenvalue weighted by molar-refractivity contribution is 5.84. The number of carbonyl (C=O) groups is 2. The summed E-state index contributed by atoms with van der Waals surface area (Å²) < 4.78 is 4.79. The van der Waals surface area contributed by atoms with E-state index in [1.165, 1.54) is 19.2 Å². The molecule has 0 bridgehead atoms. The SMILES string of the molecule is COCCC(NC(=O)Cc1ccc(O)cc1)C(=O)O. The second kappa shape index (κ2) is 7.38. The van der Waals surface area contributed by atoms with Crippen LogP contribution in [0.25, 0.3) is 0 Å². The number of rotatable bonds is 7. The Morgan fingerprint density at radius 1 is 1.32 bits per heavy atom. The van der Waals surface area contributed by atoms with Crippen molar-refractivity contribution >= 4 is 11.9 Å². The molecule has 0 saturated carbocycles. The molecule has 19 heavy (non-hydrogen) atoms. The van der Waals surface area contributed by atoms with E-state index in [2.05, 4.69) is 5.32 Å². The lowest BCUT2D eigenvalue weighted by atomic mass is 10.1. The molecule has 0 fully saturated rings. The predicted molar refractivity (Wildman–Crippen MR) is 67.9 cm³/mol. The van der Waals surface area contributed by atoms with Crippen molar-refractivity contribution in [2.75, 3.05) is 13.7 Å². The van der Waals surface area contributed by atoms with Crippen molar-refractivity contribution in [3.05, 3.63) is 29.8 Å². The van der Waals surface area contributed by atoms with Crippen molar-refractivity contribution in [3.63, 3.8) is 0 Å². The van der Waals surface area contributed by atoms with Gasteiger partial charge in [0.15, 0.2) is 0 Å². The van der Waals surface area contributed by atoms with Crippen LogP contribution in [0.5, 0.6) is 5.75 Å². The second-order valence-corrected chi connectivity index (χ2v) is 4.08. The summed E-state index contributed by atoms with van der Waals surface area (Å²) in [6, 6.07) is 5.22. The van der Waals surface area contributed by atoms with Gasteiger partial charge in [-0.2, -0.15) is 0 Å². The van der Waals surface area contributed by atoms with Gasteiger partial charge < -0.3 is 20.3 Å². The van der Waals surface area contributed by atoms with Gasteiger partial charge in [0.2, 0.25) is 5.91 Å². The molecule has 1 atom stereocenters. The minimum Gasteiger partial charge on any atom is -0.508 e. The number of benzene rings is 1. The molecule has 3 N–H and O–H groups in total. The van der Waals surface area contributed by atoms with Crippen LogP contribution in [0.4, 0.5) is 0 Å². The Morgan fingerprint density at radius 2 is 1.95 bits per heavy atom. The fourth-order valence-corrected chi connectivity index (χ4v) is 1.54. The van der Waals surface area contributed by atoms with Gasteiger partial charge in [-0.25, -0.2) is 4.79 Å². The minimum absolute atomic E-state index is 0.0665. The molecule has 6 heteroatoms. The van der Waals surface area contributed by atoms with Crippen molar-refractivity contribution in [1.82, 2.24) is 5.32 Å². The smallest absolute Gasteiger partial charge is 0.326 e. The lowest BCUT2D eigenvalue weighted by Gasteiger charge is -2.14. The summed E-state index contributed by atoms with van der Waals surface area (Å²) in [5.41, 5.74) is 0.700. The Labute approximate surface area is 111 Å². The molecule has 6 nitrogen and oxygen atoms in total. The lowest BCUT2D eigenvalue weighted by molar-refractivity contribution is -0.142. The van der Waals surface area contributed by atoms with Crippen LogP contribution in [0.1, 0.15) is 12.0 Å². The molecule has 1 aromatic carbocycles. The maximum atomic E-state index is 11.7. The summed E-state index contributed by atoms with van der Waals surface area (Å²) in [7, 11) is 1.47. The first kappa shape index (κ1) is 15.0. The molecule has 0 radical (unpaired) electrons. The lowest BCUT2D eigenvalue weighted by Crippen LogP contribution is -2.42. The highest BCUT2D eigenvalue weighted by Gasteiger charge is 2.19. The number of phenols is 1. The molecule has 0 aromatic heterocycles. The van der Waals surface area contributed by atoms with Gasteiger partial charge in [0.25, 0.3) is 0 Å². The fourth-order valence-electron chi connectivity index (χ4n) is 1.54. The maximum absolute atomic E-state index is 11.7. The molecule has 0 aliphatic rings. The molecule has 1 amide bonds. The monoisotopic (exact) mass is 267 g/mol. The van der Waals surface area contributed by atoms with Crippen LogP contribution < -0.4 is 5.32 Å². The zero-order valence-corrected chi connectivity index (χ0v) is 10.6. The Morgan fingerprint density at radius 3 is 2.47 bits per heavy atom. The number of nitrogens with one attached hydrogen (secondary N) is 1. The van der Waals surface area contributed by atoms with Crippen molar-refractivity contribution in [2.24, 2.45) is 0 Å². The molecule has 1 rings (SSSR count). The zero-order valence-electron chi connectivity index (χ0n) is 10.6. The molecule has 0 heterocycles. The Hall–Kier alpha value is -2.08. The zero-order chi connectivity index (χ0) is 14.3. The quantitative estimate of drug-likeness (QED) is 0.670. The average Bonchev–Trinajstić information content (AvgIpc) is 2.37. The summed E-state index contributed by atoms with van der Waals surface area (Å²) >= 11 is 0. The molecule has 1 aromatic rings. The molecule has 0 aliphatic heterocycles. The van der Waals surface area contributed by atoms with Gasteiger partial charge in [0.05, 0.1) is 6.42 Å². The standard InChI is InChI=1S/C13H17NO5/c1-19-7-6-11(13(17)18)14-12(16)8-9-2-4-10(15)5-3-9/h2-5,11,15H,6-8H2,1H3,(H,14,16)(H,17,18). The first-order valence-electron chi connectivity index (χ1n) is 5.82. The van der Waals surface area contributed by atoms with E-state index < -0.39 is 12.0 Å². The molecule has 0 aliphatic carbocycles. The third-order valence-electron chi connectivity index (χ3n) is 2.54. The van der Waals surface area contributed by atoms with Crippen LogP contribution in [-0.2, 0) is 20.7 Å². The third kappa shape index (κ3) is 5.39. The molecule has 0 saturated heterocycles. The summed E-state index contributed by atoms with van der Waals surface area (Å²) in [6.07, 6.45) is 0.282. The number of aromatic hydroxyl groups is 1. The van der Waals surface area contributed by atoms with E-state index in [1.807, 2.05) is 0 Å². The minimum atomic E-state index is -1.09. The van der Waals surface area contributed by atoms with Crippen LogP contribution in [0.2, 0.25) is 0 Å². The van der Waals surface area contributed by atoms with Gasteiger partial charge in [-0.05, 0) is 17.7 Å². The maximum Gasteiger partial charge on any atom is 0.326 e. The van der Waals surface area contributed by atoms with Gasteiger partial charge in [0.1, 0.15) is 11.8 Å². The number of carboxylic acids is 1. The summed E-state index contributed by atoms with van der Waals surface area (Å²) in [5, 5.41) is 20.5.